The van der Waals surface area contributed by atoms with Crippen LogP contribution in [0.25, 0.3) is 0 Å². The summed E-state index contributed by atoms with van der Waals surface area (Å²) in [5.41, 5.74) is 0. The molecule has 0 aliphatic rings. The van der Waals surface area contributed by atoms with Crippen LogP contribution in [0.1, 0.15) is 6.42 Å². The van der Waals surface area contributed by atoms with E-state index in [0.29, 0.717) is 20.0 Å². The van der Waals surface area contributed by atoms with E-state index in [0.717, 1.165) is 14.1 Å². The molecule has 0 heterocycles. The van der Waals surface area contributed by atoms with Gasteiger partial charge >= 0.3 is 0 Å². The summed E-state index contributed by atoms with van der Waals surface area (Å²) in [7, 11) is 2.07. The van der Waals surface area contributed by atoms with Crippen molar-refractivity contribution in [2.45, 2.75) is 6.42 Å². The Morgan fingerprint density at radius 2 is 0.957 bits per heavy atom. The molecular weight excluding hydrogens is 324 g/mol. The van der Waals surface area contributed by atoms with Crippen molar-refractivity contribution < 1.29 is 20.1 Å². The molecule has 0 radical (unpaired) electrons. The van der Waals surface area contributed by atoms with Gasteiger partial charge in [-0.05, 0) is 6.42 Å². The Hall–Kier alpha value is -3.20. The third-order valence-electron chi connectivity index (χ3n) is 2.59. The molecule has 0 rings (SSSR count). The second-order valence-electron chi connectivity index (χ2n) is 4.36. The van der Waals surface area contributed by atoms with Crippen molar-refractivity contribution >= 4 is 0 Å². The van der Waals surface area contributed by atoms with Crippen LogP contribution in [0.4, 0.5) is 0 Å². The van der Waals surface area contributed by atoms with Crippen LogP contribution in [-0.4, -0.2) is 80.7 Å². The number of nitro groups is 4. The van der Waals surface area contributed by atoms with E-state index in [9.17, 15) is 40.5 Å². The summed E-state index contributed by atoms with van der Waals surface area (Å²) in [6.07, 6.45) is -0.0981. The molecule has 0 bridgehead atoms. The zero-order valence-corrected chi connectivity index (χ0v) is 12.4. The molecule has 0 N–H and O–H groups in total. The van der Waals surface area contributed by atoms with E-state index in [2.05, 4.69) is 0 Å². The van der Waals surface area contributed by atoms with Gasteiger partial charge in [0, 0.05) is 0 Å². The van der Waals surface area contributed by atoms with Gasteiger partial charge in [-0.15, -0.1) is 20.0 Å². The van der Waals surface area contributed by atoms with Gasteiger partial charge < -0.3 is 0 Å². The lowest BCUT2D eigenvalue weighted by atomic mass is 10.4. The zero-order valence-electron chi connectivity index (χ0n) is 12.4. The normalized spacial score (nSPS) is 9.83. The standard InChI is InChI=1S/C7H16N8O8/c1-8(12(16)17)6-10(14(20)21)4-3-5-11(15(22)23)7-9(2)13(18)19/h3-7H2,1-2H3. The Labute approximate surface area is 128 Å². The van der Waals surface area contributed by atoms with Gasteiger partial charge in [-0.25, -0.2) is 40.5 Å². The van der Waals surface area contributed by atoms with Gasteiger partial charge in [0.1, 0.15) is 0 Å². The van der Waals surface area contributed by atoms with E-state index >= 15 is 0 Å². The van der Waals surface area contributed by atoms with Gasteiger partial charge in [-0.2, -0.15) is 0 Å². The molecule has 0 spiro atoms. The summed E-state index contributed by atoms with van der Waals surface area (Å²) in [5, 5.41) is 41.0. The van der Waals surface area contributed by atoms with Gasteiger partial charge in [0.25, 0.3) is 0 Å². The molecule has 0 atom stereocenters. The largest absolute Gasteiger partial charge is 0.235 e. The van der Waals surface area contributed by atoms with Crippen molar-refractivity contribution in [1.82, 2.24) is 20.0 Å². The molecule has 0 fully saturated rings. The maximum absolute atomic E-state index is 10.8. The Bertz CT molecular complexity index is 420. The second kappa shape index (κ2) is 8.95. The lowest BCUT2D eigenvalue weighted by Crippen LogP contribution is -2.45. The van der Waals surface area contributed by atoms with Gasteiger partial charge in [0.15, 0.2) is 20.1 Å². The van der Waals surface area contributed by atoms with E-state index in [1.54, 1.807) is 0 Å². The quantitative estimate of drug-likeness (QED) is 0.228. The first-order chi connectivity index (χ1) is 10.6. The third kappa shape index (κ3) is 7.39. The molecule has 0 aliphatic heterocycles. The molecule has 0 amide bonds. The van der Waals surface area contributed by atoms with Gasteiger partial charge in [0.05, 0.1) is 27.2 Å². The molecule has 0 unspecified atom stereocenters. The minimum Gasteiger partial charge on any atom is -0.235 e. The van der Waals surface area contributed by atoms with Crippen LogP contribution >= 0.6 is 0 Å². The molecule has 132 valence electrons. The third-order valence-corrected chi connectivity index (χ3v) is 2.59. The molecule has 0 aromatic carbocycles. The molecule has 16 nitrogen and oxygen atoms in total. The number of hydrogen-bond acceptors (Lipinski definition) is 8. The number of nitrogens with zero attached hydrogens (tertiary/aromatic N) is 8. The predicted octanol–water partition coefficient (Wildman–Crippen LogP) is -1.47. The highest BCUT2D eigenvalue weighted by molar-refractivity contribution is 4.49. The fourth-order valence-electron chi connectivity index (χ4n) is 1.42. The molecule has 0 aliphatic carbocycles. The monoisotopic (exact) mass is 340 g/mol. The van der Waals surface area contributed by atoms with Crippen molar-refractivity contribution in [3.8, 4) is 0 Å². The highest BCUT2D eigenvalue weighted by atomic mass is 16.7. The summed E-state index contributed by atoms with van der Waals surface area (Å²) in [4.78, 5) is 42.4. The first-order valence-corrected chi connectivity index (χ1v) is 6.05. The van der Waals surface area contributed by atoms with E-state index in [1.807, 2.05) is 0 Å². The highest BCUT2D eigenvalue weighted by Crippen LogP contribution is 2.00. The lowest BCUT2D eigenvalue weighted by molar-refractivity contribution is -0.711. The van der Waals surface area contributed by atoms with E-state index < -0.39 is 33.5 Å². The molecule has 23 heavy (non-hydrogen) atoms. The molecule has 0 saturated carbocycles. The van der Waals surface area contributed by atoms with Gasteiger partial charge in [-0.1, -0.05) is 0 Å². The summed E-state index contributed by atoms with van der Waals surface area (Å²) < 4.78 is 0. The Balaban J connectivity index is 4.53. The topological polar surface area (TPSA) is 186 Å². The van der Waals surface area contributed by atoms with Gasteiger partial charge in [-0.3, -0.25) is 0 Å². The average Bonchev–Trinajstić information content (AvgIpc) is 2.43. The smallest absolute Gasteiger partial charge is 0.207 e. The van der Waals surface area contributed by atoms with Crippen molar-refractivity contribution in [2.24, 2.45) is 0 Å². The number of hydrazine groups is 4. The van der Waals surface area contributed by atoms with Crippen LogP contribution in [0, 0.1) is 40.5 Å². The molecular formula is C7H16N8O8. The van der Waals surface area contributed by atoms with Crippen LogP contribution in [-0.2, 0) is 0 Å². The van der Waals surface area contributed by atoms with Crippen LogP contribution in [0.5, 0.6) is 0 Å². The van der Waals surface area contributed by atoms with E-state index in [-0.39, 0.29) is 19.5 Å². The summed E-state index contributed by atoms with van der Waals surface area (Å²) in [5.74, 6) is 0. The highest BCUT2D eigenvalue weighted by Gasteiger charge is 2.24. The van der Waals surface area contributed by atoms with Crippen LogP contribution < -0.4 is 0 Å². The van der Waals surface area contributed by atoms with E-state index in [1.165, 1.54) is 0 Å². The van der Waals surface area contributed by atoms with Crippen molar-refractivity contribution in [2.75, 3.05) is 40.5 Å². The first kappa shape index (κ1) is 19.8. The molecule has 0 saturated heterocycles. The lowest BCUT2D eigenvalue weighted by Gasteiger charge is -2.19. The van der Waals surface area contributed by atoms with Crippen molar-refractivity contribution in [3.63, 3.8) is 0 Å². The Morgan fingerprint density at radius 3 is 1.17 bits per heavy atom. The van der Waals surface area contributed by atoms with Crippen molar-refractivity contribution in [1.29, 1.82) is 0 Å². The summed E-state index contributed by atoms with van der Waals surface area (Å²) >= 11 is 0. The average molecular weight is 340 g/mol. The maximum atomic E-state index is 10.8. The maximum Gasteiger partial charge on any atom is 0.207 e. The zero-order chi connectivity index (χ0) is 18.2. The molecule has 0 aromatic heterocycles. The van der Waals surface area contributed by atoms with Crippen LogP contribution in [0.2, 0.25) is 0 Å². The summed E-state index contributed by atoms with van der Waals surface area (Å²) in [6, 6.07) is 0. The Morgan fingerprint density at radius 1 is 0.652 bits per heavy atom. The molecule has 16 heteroatoms. The van der Waals surface area contributed by atoms with Crippen molar-refractivity contribution in [3.05, 3.63) is 40.5 Å². The SMILES string of the molecule is CN(CN(CCCN(CN(C)[N+](=O)[O-])[N+](=O)[O-])[N+](=O)[O-])[N+](=O)[O-]. The fraction of sp³-hybridized carbons (Fsp3) is 1.00. The van der Waals surface area contributed by atoms with Crippen LogP contribution in [0.15, 0.2) is 0 Å². The fourth-order valence-corrected chi connectivity index (χ4v) is 1.42. The Kier molecular flexibility index (Phi) is 7.70. The van der Waals surface area contributed by atoms with Crippen LogP contribution in [0.3, 0.4) is 0 Å². The second-order valence-corrected chi connectivity index (χ2v) is 4.36. The number of rotatable bonds is 12. The minimum atomic E-state index is -0.861. The molecule has 0 aromatic rings. The summed E-state index contributed by atoms with van der Waals surface area (Å²) in [6.45, 7) is -1.85. The first-order valence-electron chi connectivity index (χ1n) is 6.05. The van der Waals surface area contributed by atoms with Gasteiger partial charge in [0.2, 0.25) is 13.3 Å². The number of hydrogen-bond donors (Lipinski definition) is 0. The predicted molar refractivity (Wildman–Crippen MR) is 71.3 cm³/mol. The minimum absolute atomic E-state index is 0.0981. The van der Waals surface area contributed by atoms with E-state index in [4.69, 9.17) is 0 Å².